The molecule has 0 aliphatic heterocycles. The van der Waals surface area contributed by atoms with Crippen molar-refractivity contribution in [3.05, 3.63) is 29.8 Å². The molecule has 27 heavy (non-hydrogen) atoms. The van der Waals surface area contributed by atoms with Crippen molar-refractivity contribution < 1.29 is 33.8 Å². The summed E-state index contributed by atoms with van der Waals surface area (Å²) in [5, 5.41) is 13.9. The van der Waals surface area contributed by atoms with Gasteiger partial charge < -0.3 is 24.7 Å². The number of benzene rings is 1. The number of nitrogens with zero attached hydrogens (tertiary/aromatic N) is 1. The van der Waals surface area contributed by atoms with Gasteiger partial charge in [-0.25, -0.2) is 9.59 Å². The van der Waals surface area contributed by atoms with E-state index in [4.69, 9.17) is 14.7 Å². The highest BCUT2D eigenvalue weighted by atomic mass is 16.6. The number of nitrogens with one attached hydrogen (secondary N) is 1. The minimum atomic E-state index is -0.929. The lowest BCUT2D eigenvalue weighted by Gasteiger charge is -2.22. The number of carbonyl (C=O) groups is 2. The average molecular weight is 379 g/mol. The van der Waals surface area contributed by atoms with Gasteiger partial charge in [0.2, 0.25) is 0 Å². The van der Waals surface area contributed by atoms with Crippen LogP contribution in [-0.4, -0.2) is 54.6 Å². The standard InChI is InChI=1S/C18H23N2O7/c1-18(2,3)27-17(23)19-14(16(22)25-4)9-10-26-13-7-5-12(6-8-13)15(11-21)20-24/h5-8,14,24H,9-10H2,1-4H3,(H,19,23)/b20-15-. The Kier molecular flexibility index (Phi) is 8.25. The number of ether oxygens (including phenoxy) is 3. The highest BCUT2D eigenvalue weighted by Crippen LogP contribution is 2.14. The fraction of sp³-hybridized carbons (Fsp3) is 0.444. The molecular weight excluding hydrogens is 356 g/mol. The van der Waals surface area contributed by atoms with Crippen LogP contribution in [0.15, 0.2) is 29.4 Å². The van der Waals surface area contributed by atoms with Crippen LogP contribution in [0.5, 0.6) is 5.75 Å². The van der Waals surface area contributed by atoms with E-state index < -0.39 is 23.7 Å². The first-order valence-electron chi connectivity index (χ1n) is 8.11. The van der Waals surface area contributed by atoms with Crippen molar-refractivity contribution in [2.45, 2.75) is 38.8 Å². The first-order valence-corrected chi connectivity index (χ1v) is 8.11. The molecule has 0 saturated carbocycles. The van der Waals surface area contributed by atoms with Gasteiger partial charge in [-0.1, -0.05) is 5.16 Å². The molecule has 0 heterocycles. The third-order valence-corrected chi connectivity index (χ3v) is 3.18. The number of alkyl carbamates (subject to hydrolysis) is 1. The highest BCUT2D eigenvalue weighted by Gasteiger charge is 2.25. The quantitative estimate of drug-likeness (QED) is 0.305. The van der Waals surface area contributed by atoms with Crippen LogP contribution >= 0.6 is 0 Å². The fourth-order valence-corrected chi connectivity index (χ4v) is 1.98. The molecule has 0 aliphatic rings. The van der Waals surface area contributed by atoms with Crippen LogP contribution < -0.4 is 10.1 Å². The first-order chi connectivity index (χ1) is 12.7. The zero-order valence-corrected chi connectivity index (χ0v) is 15.6. The lowest BCUT2D eigenvalue weighted by molar-refractivity contribution is -0.143. The summed E-state index contributed by atoms with van der Waals surface area (Å²) in [6.07, 6.45) is 0.923. The van der Waals surface area contributed by atoms with Crippen LogP contribution in [0.4, 0.5) is 4.79 Å². The molecule has 0 aliphatic carbocycles. The third-order valence-electron chi connectivity index (χ3n) is 3.18. The first kappa shape index (κ1) is 21.9. The van der Waals surface area contributed by atoms with Crippen LogP contribution in [0.1, 0.15) is 32.8 Å². The molecule has 1 aromatic rings. The third kappa shape index (κ3) is 7.76. The summed E-state index contributed by atoms with van der Waals surface area (Å²) in [4.78, 5) is 34.3. The van der Waals surface area contributed by atoms with Crippen molar-refractivity contribution >= 4 is 24.1 Å². The van der Waals surface area contributed by atoms with Gasteiger partial charge in [-0.3, -0.25) is 4.79 Å². The van der Waals surface area contributed by atoms with E-state index in [0.29, 0.717) is 11.3 Å². The van der Waals surface area contributed by atoms with Crippen molar-refractivity contribution in [3.63, 3.8) is 0 Å². The molecule has 0 aromatic heterocycles. The second-order valence-electron chi connectivity index (χ2n) is 6.43. The van der Waals surface area contributed by atoms with E-state index in [-0.39, 0.29) is 18.7 Å². The molecular formula is C18H23N2O7. The second kappa shape index (κ2) is 10.1. The molecule has 9 heteroatoms. The normalized spacial score (nSPS) is 12.7. The molecule has 9 nitrogen and oxygen atoms in total. The zero-order chi connectivity index (χ0) is 20.4. The van der Waals surface area contributed by atoms with E-state index in [0.717, 1.165) is 0 Å². The summed E-state index contributed by atoms with van der Waals surface area (Å²) in [6.45, 7) is 5.24. The summed E-state index contributed by atoms with van der Waals surface area (Å²) in [7, 11) is 1.22. The SMILES string of the molecule is COC(=O)C(CCOc1ccc(/C([C]=O)=N\O)cc1)NC(=O)OC(C)(C)C. The van der Waals surface area contributed by atoms with Gasteiger partial charge in [0.1, 0.15) is 17.4 Å². The molecule has 2 N–H and O–H groups in total. The van der Waals surface area contributed by atoms with E-state index in [9.17, 15) is 14.4 Å². The van der Waals surface area contributed by atoms with Gasteiger partial charge in [-0.2, -0.15) is 0 Å². The number of methoxy groups -OCH3 is 1. The lowest BCUT2D eigenvalue weighted by atomic mass is 10.1. The number of rotatable bonds is 8. The molecule has 1 aromatic carbocycles. The van der Waals surface area contributed by atoms with E-state index in [1.165, 1.54) is 25.5 Å². The molecule has 1 amide bonds. The fourth-order valence-electron chi connectivity index (χ4n) is 1.98. The maximum atomic E-state index is 11.8. The molecule has 0 spiro atoms. The summed E-state index contributed by atoms with van der Waals surface area (Å²) >= 11 is 0. The number of hydrogen-bond donors (Lipinski definition) is 2. The molecule has 1 rings (SSSR count). The predicted octanol–water partition coefficient (Wildman–Crippen LogP) is 1.81. The summed E-state index contributed by atoms with van der Waals surface area (Å²) in [6, 6.07) is 5.23. The van der Waals surface area contributed by atoms with Gasteiger partial charge in [0.05, 0.1) is 13.7 Å². The minimum absolute atomic E-state index is 0.107. The van der Waals surface area contributed by atoms with Crippen LogP contribution in [0.25, 0.3) is 0 Å². The summed E-state index contributed by atoms with van der Waals surface area (Å²) < 4.78 is 15.3. The molecule has 1 atom stereocenters. The smallest absolute Gasteiger partial charge is 0.408 e. The van der Waals surface area contributed by atoms with Crippen molar-refractivity contribution in [1.29, 1.82) is 0 Å². The van der Waals surface area contributed by atoms with Gasteiger partial charge in [0, 0.05) is 12.0 Å². The Bertz CT molecular complexity index is 678. The topological polar surface area (TPSA) is 124 Å². The minimum Gasteiger partial charge on any atom is -0.494 e. The predicted molar refractivity (Wildman–Crippen MR) is 95.7 cm³/mol. The van der Waals surface area contributed by atoms with Crippen LogP contribution in [-0.2, 0) is 19.1 Å². The van der Waals surface area contributed by atoms with Gasteiger partial charge in [0.25, 0.3) is 6.29 Å². The second-order valence-corrected chi connectivity index (χ2v) is 6.43. The average Bonchev–Trinajstić information content (AvgIpc) is 2.61. The molecule has 0 bridgehead atoms. The molecule has 0 saturated heterocycles. The van der Waals surface area contributed by atoms with Crippen molar-refractivity contribution in [2.75, 3.05) is 13.7 Å². The maximum absolute atomic E-state index is 11.8. The van der Waals surface area contributed by atoms with Crippen LogP contribution in [0.3, 0.4) is 0 Å². The Morgan fingerprint density at radius 1 is 1.26 bits per heavy atom. The Morgan fingerprint density at radius 3 is 2.37 bits per heavy atom. The lowest BCUT2D eigenvalue weighted by Crippen LogP contribution is -2.44. The van der Waals surface area contributed by atoms with Crippen LogP contribution in [0, 0.1) is 0 Å². The number of amides is 1. The maximum Gasteiger partial charge on any atom is 0.408 e. The molecule has 1 radical (unpaired) electrons. The largest absolute Gasteiger partial charge is 0.494 e. The Morgan fingerprint density at radius 2 is 1.89 bits per heavy atom. The highest BCUT2D eigenvalue weighted by molar-refractivity contribution is 6.36. The van der Waals surface area contributed by atoms with Gasteiger partial charge in [-0.15, -0.1) is 0 Å². The molecule has 1 unspecified atom stereocenters. The number of esters is 1. The zero-order valence-electron chi connectivity index (χ0n) is 15.6. The number of oxime groups is 1. The van der Waals surface area contributed by atoms with E-state index in [1.54, 1.807) is 32.9 Å². The van der Waals surface area contributed by atoms with Gasteiger partial charge >= 0.3 is 12.1 Å². The van der Waals surface area contributed by atoms with Gasteiger partial charge in [-0.05, 0) is 45.0 Å². The van der Waals surface area contributed by atoms with Crippen molar-refractivity contribution in [3.8, 4) is 5.75 Å². The Balaban J connectivity index is 2.62. The summed E-state index contributed by atoms with van der Waals surface area (Å²) in [5.74, 6) is -0.159. The van der Waals surface area contributed by atoms with Crippen LogP contribution in [0.2, 0.25) is 0 Å². The van der Waals surface area contributed by atoms with Crippen molar-refractivity contribution in [1.82, 2.24) is 5.32 Å². The molecule has 147 valence electrons. The number of hydrogen-bond acceptors (Lipinski definition) is 8. The van der Waals surface area contributed by atoms with E-state index in [2.05, 4.69) is 15.2 Å². The van der Waals surface area contributed by atoms with E-state index in [1.807, 2.05) is 0 Å². The molecule has 0 fully saturated rings. The summed E-state index contributed by atoms with van der Waals surface area (Å²) in [5.41, 5.74) is -0.550. The van der Waals surface area contributed by atoms with Gasteiger partial charge in [0.15, 0.2) is 5.71 Å². The van der Waals surface area contributed by atoms with Crippen molar-refractivity contribution in [2.24, 2.45) is 5.16 Å². The monoisotopic (exact) mass is 379 g/mol. The number of carbonyl (C=O) groups excluding carboxylic acids is 3. The van der Waals surface area contributed by atoms with E-state index >= 15 is 0 Å². The Hall–Kier alpha value is -3.10. The Labute approximate surface area is 157 Å².